The van der Waals surface area contributed by atoms with Gasteiger partial charge in [0.05, 0.1) is 0 Å². The molecule has 0 radical (unpaired) electrons. The van der Waals surface area contributed by atoms with Gasteiger partial charge in [-0.3, -0.25) is 0 Å². The number of halogens is 1. The van der Waals surface area contributed by atoms with Gasteiger partial charge in [-0.2, -0.15) is 0 Å². The van der Waals surface area contributed by atoms with E-state index in [1.54, 1.807) is 0 Å². The van der Waals surface area contributed by atoms with Crippen LogP contribution in [-0.4, -0.2) is 29.3 Å². The molecule has 0 aliphatic carbocycles. The number of rotatable bonds is 6. The molecule has 0 rings (SSSR count). The highest BCUT2D eigenvalue weighted by Crippen LogP contribution is 1.90. The molecule has 0 N–H and O–H groups in total. The fraction of sp³-hybridized carbons (Fsp3) is 1.00. The zero-order chi connectivity index (χ0) is 7.82. The van der Waals surface area contributed by atoms with Crippen molar-refractivity contribution in [1.82, 2.24) is 0 Å². The van der Waals surface area contributed by atoms with E-state index in [9.17, 15) is 0 Å². The third-order valence-electron chi connectivity index (χ3n) is 0.908. The Morgan fingerprint density at radius 2 is 1.09 bits per heavy atom. The normalized spacial score (nSPS) is 9.82. The fourth-order valence-electron chi connectivity index (χ4n) is 0.553. The monoisotopic (exact) mass is 292 g/mol. The second-order valence-corrected chi connectivity index (χ2v) is 3.23. The van der Waals surface area contributed by atoms with Crippen molar-refractivity contribution in [2.75, 3.05) is 19.8 Å². The molecule has 0 unspecified atom stereocenters. The van der Waals surface area contributed by atoms with Crippen molar-refractivity contribution in [3.05, 3.63) is 0 Å². The third-order valence-corrected chi connectivity index (χ3v) is 2.72. The van der Waals surface area contributed by atoms with Gasteiger partial charge in [-0.1, -0.05) is 0 Å². The van der Waals surface area contributed by atoms with Crippen LogP contribution in [0.15, 0.2) is 0 Å². The van der Waals surface area contributed by atoms with Crippen molar-refractivity contribution in [2.24, 2.45) is 0 Å². The average molecular weight is 292 g/mol. The lowest BCUT2D eigenvalue weighted by atomic mass is 10.9. The van der Waals surface area contributed by atoms with Crippen molar-refractivity contribution in [3.63, 3.8) is 0 Å². The summed E-state index contributed by atoms with van der Waals surface area (Å²) in [6.07, 6.45) is 0. The zero-order valence-corrected chi connectivity index (χ0v) is 10.8. The van der Waals surface area contributed by atoms with E-state index in [0.29, 0.717) is 19.8 Å². The molecule has 0 aromatic heterocycles. The van der Waals surface area contributed by atoms with Gasteiger partial charge < -0.3 is 13.3 Å². The molecule has 0 aliphatic rings. The standard InChI is InChI=1S/C6H16O3Si.HI/c1-4-7-10(8-5-2)9-6-3;/h10H,4-6H2,1-3H3;1H. The Labute approximate surface area is 87.4 Å². The summed E-state index contributed by atoms with van der Waals surface area (Å²) in [6, 6.07) is 0. The van der Waals surface area contributed by atoms with E-state index in [0.717, 1.165) is 0 Å². The van der Waals surface area contributed by atoms with Crippen LogP contribution in [0.25, 0.3) is 0 Å². The second-order valence-electron chi connectivity index (χ2n) is 1.65. The molecule has 0 amide bonds. The number of hydrogen-bond donors (Lipinski definition) is 0. The van der Waals surface area contributed by atoms with Crippen molar-refractivity contribution >= 4 is 33.5 Å². The summed E-state index contributed by atoms with van der Waals surface area (Å²) in [5.41, 5.74) is 0. The van der Waals surface area contributed by atoms with E-state index in [1.807, 2.05) is 20.8 Å². The van der Waals surface area contributed by atoms with Crippen LogP contribution in [0.2, 0.25) is 0 Å². The van der Waals surface area contributed by atoms with E-state index in [-0.39, 0.29) is 24.0 Å². The Morgan fingerprint density at radius 1 is 0.818 bits per heavy atom. The fourth-order valence-corrected chi connectivity index (χ4v) is 1.66. The molecular formula is C6H17IO3Si. The Balaban J connectivity index is 0. The third kappa shape index (κ3) is 8.74. The van der Waals surface area contributed by atoms with E-state index in [1.165, 1.54) is 0 Å². The first kappa shape index (κ1) is 14.4. The van der Waals surface area contributed by atoms with Gasteiger partial charge in [0, 0.05) is 19.8 Å². The summed E-state index contributed by atoms with van der Waals surface area (Å²) < 4.78 is 15.7. The van der Waals surface area contributed by atoms with Crippen molar-refractivity contribution in [2.45, 2.75) is 20.8 Å². The zero-order valence-electron chi connectivity index (χ0n) is 7.33. The maximum Gasteiger partial charge on any atom is 0.484 e. The van der Waals surface area contributed by atoms with Gasteiger partial charge in [0.15, 0.2) is 0 Å². The molecule has 0 saturated carbocycles. The van der Waals surface area contributed by atoms with Crippen molar-refractivity contribution in [3.8, 4) is 0 Å². The number of hydrogen-bond acceptors (Lipinski definition) is 3. The van der Waals surface area contributed by atoms with Gasteiger partial charge in [0.25, 0.3) is 0 Å². The van der Waals surface area contributed by atoms with Crippen LogP contribution in [0.1, 0.15) is 20.8 Å². The lowest BCUT2D eigenvalue weighted by Gasteiger charge is -2.12. The Kier molecular flexibility index (Phi) is 14.1. The summed E-state index contributed by atoms with van der Waals surface area (Å²) >= 11 is 0. The molecular weight excluding hydrogens is 275 g/mol. The molecule has 5 heteroatoms. The van der Waals surface area contributed by atoms with Gasteiger partial charge in [0.1, 0.15) is 0 Å². The predicted octanol–water partition coefficient (Wildman–Crippen LogP) is 1.43. The van der Waals surface area contributed by atoms with Crippen LogP contribution in [0.3, 0.4) is 0 Å². The lowest BCUT2D eigenvalue weighted by molar-refractivity contribution is 0.107. The van der Waals surface area contributed by atoms with Gasteiger partial charge in [-0.15, -0.1) is 24.0 Å². The van der Waals surface area contributed by atoms with Crippen molar-refractivity contribution < 1.29 is 13.3 Å². The topological polar surface area (TPSA) is 27.7 Å². The molecule has 0 spiro atoms. The van der Waals surface area contributed by atoms with Crippen LogP contribution in [0.5, 0.6) is 0 Å². The van der Waals surface area contributed by atoms with E-state index < -0.39 is 9.53 Å². The van der Waals surface area contributed by atoms with E-state index in [2.05, 4.69) is 0 Å². The molecule has 0 bridgehead atoms. The average Bonchev–Trinajstić information content (AvgIpc) is 1.90. The highest BCUT2D eigenvalue weighted by Gasteiger charge is 2.11. The molecule has 0 aromatic carbocycles. The van der Waals surface area contributed by atoms with Gasteiger partial charge in [0.2, 0.25) is 0 Å². The highest BCUT2D eigenvalue weighted by molar-refractivity contribution is 14.0. The van der Waals surface area contributed by atoms with Crippen LogP contribution in [0, 0.1) is 0 Å². The quantitative estimate of drug-likeness (QED) is 0.547. The Bertz CT molecular complexity index is 60.6. The first-order valence-corrected chi connectivity index (χ1v) is 5.11. The molecule has 0 fully saturated rings. The summed E-state index contributed by atoms with van der Waals surface area (Å²) in [5, 5.41) is 0. The van der Waals surface area contributed by atoms with Crippen LogP contribution < -0.4 is 0 Å². The van der Waals surface area contributed by atoms with Crippen LogP contribution >= 0.6 is 24.0 Å². The molecule has 11 heavy (non-hydrogen) atoms. The van der Waals surface area contributed by atoms with E-state index in [4.69, 9.17) is 13.3 Å². The summed E-state index contributed by atoms with van der Waals surface area (Å²) in [7, 11) is -1.73. The van der Waals surface area contributed by atoms with Crippen LogP contribution in [0.4, 0.5) is 0 Å². The van der Waals surface area contributed by atoms with Crippen LogP contribution in [-0.2, 0) is 13.3 Å². The van der Waals surface area contributed by atoms with Gasteiger partial charge in [-0.25, -0.2) is 0 Å². The minimum absolute atomic E-state index is 0. The SMILES string of the molecule is CCO[SiH](OCC)OCC.I. The van der Waals surface area contributed by atoms with Gasteiger partial charge >= 0.3 is 9.53 Å². The molecule has 0 aromatic rings. The smallest absolute Gasteiger partial charge is 0.376 e. The maximum absolute atomic E-state index is 5.22. The molecule has 70 valence electrons. The largest absolute Gasteiger partial charge is 0.484 e. The minimum Gasteiger partial charge on any atom is -0.376 e. The highest BCUT2D eigenvalue weighted by atomic mass is 127. The predicted molar refractivity (Wildman–Crippen MR) is 57.4 cm³/mol. The second kappa shape index (κ2) is 10.8. The minimum atomic E-state index is -1.73. The summed E-state index contributed by atoms with van der Waals surface area (Å²) in [6.45, 7) is 7.86. The molecule has 3 nitrogen and oxygen atoms in total. The molecule has 0 atom stereocenters. The molecule has 0 saturated heterocycles. The Hall–Kier alpha value is 0.827. The summed E-state index contributed by atoms with van der Waals surface area (Å²) in [4.78, 5) is 0. The Morgan fingerprint density at radius 3 is 1.27 bits per heavy atom. The van der Waals surface area contributed by atoms with E-state index >= 15 is 0 Å². The summed E-state index contributed by atoms with van der Waals surface area (Å²) in [5.74, 6) is 0. The van der Waals surface area contributed by atoms with Gasteiger partial charge in [-0.05, 0) is 20.8 Å². The lowest BCUT2D eigenvalue weighted by Crippen LogP contribution is -2.27. The first-order chi connectivity index (χ1) is 4.85. The maximum atomic E-state index is 5.22. The first-order valence-electron chi connectivity index (χ1n) is 3.69. The molecule has 0 heterocycles. The van der Waals surface area contributed by atoms with Crippen molar-refractivity contribution in [1.29, 1.82) is 0 Å². The molecule has 0 aliphatic heterocycles.